The number of rotatable bonds is 4. The van der Waals surface area contributed by atoms with Crippen molar-refractivity contribution in [2.75, 3.05) is 18.6 Å². The summed E-state index contributed by atoms with van der Waals surface area (Å²) >= 11 is 0. The Morgan fingerprint density at radius 1 is 1.07 bits per heavy atom. The lowest BCUT2D eigenvalue weighted by molar-refractivity contribution is -0.117. The SMILES string of the molecule is COc1ccc(N2CC(c3nc(-c4ccc(C(C)(C)C)cc4)no3)CC2=O)cc1. The molecule has 1 aromatic heterocycles. The monoisotopic (exact) mass is 391 g/mol. The lowest BCUT2D eigenvalue weighted by atomic mass is 9.87. The number of carbonyl (C=O) groups is 1. The maximum absolute atomic E-state index is 12.5. The molecule has 6 heteroatoms. The third kappa shape index (κ3) is 3.88. The molecule has 6 nitrogen and oxygen atoms in total. The largest absolute Gasteiger partial charge is 0.497 e. The molecule has 0 N–H and O–H groups in total. The van der Waals surface area contributed by atoms with Gasteiger partial charge in [0, 0.05) is 24.2 Å². The van der Waals surface area contributed by atoms with Crippen molar-refractivity contribution in [3.05, 3.63) is 60.0 Å². The summed E-state index contributed by atoms with van der Waals surface area (Å²) in [7, 11) is 1.62. The second kappa shape index (κ2) is 7.35. The van der Waals surface area contributed by atoms with Gasteiger partial charge >= 0.3 is 0 Å². The number of hydrogen-bond acceptors (Lipinski definition) is 5. The summed E-state index contributed by atoms with van der Waals surface area (Å²) in [5.74, 6) is 1.75. The fraction of sp³-hybridized carbons (Fsp3) is 0.348. The molecular weight excluding hydrogens is 366 g/mol. The summed E-state index contributed by atoms with van der Waals surface area (Å²) in [5.41, 5.74) is 3.09. The van der Waals surface area contributed by atoms with Crippen LogP contribution >= 0.6 is 0 Å². The molecule has 0 radical (unpaired) electrons. The van der Waals surface area contributed by atoms with E-state index in [2.05, 4.69) is 43.0 Å². The first-order valence-electron chi connectivity index (χ1n) is 9.74. The van der Waals surface area contributed by atoms with Gasteiger partial charge in [-0.2, -0.15) is 4.98 Å². The van der Waals surface area contributed by atoms with Crippen LogP contribution in [0.1, 0.15) is 44.6 Å². The molecule has 1 aliphatic heterocycles. The number of anilines is 1. The maximum Gasteiger partial charge on any atom is 0.232 e. The minimum absolute atomic E-state index is 0.0504. The van der Waals surface area contributed by atoms with Crippen molar-refractivity contribution in [3.8, 4) is 17.1 Å². The second-order valence-corrected chi connectivity index (χ2v) is 8.39. The van der Waals surface area contributed by atoms with Crippen molar-refractivity contribution in [1.29, 1.82) is 0 Å². The first kappa shape index (κ1) is 19.2. The van der Waals surface area contributed by atoms with Crippen LogP contribution in [0.5, 0.6) is 5.75 Å². The van der Waals surface area contributed by atoms with E-state index < -0.39 is 0 Å². The summed E-state index contributed by atoms with van der Waals surface area (Å²) in [4.78, 5) is 18.8. The molecule has 2 heterocycles. The fourth-order valence-electron chi connectivity index (χ4n) is 3.52. The number of carbonyl (C=O) groups excluding carboxylic acids is 1. The number of benzene rings is 2. The molecule has 0 aliphatic carbocycles. The zero-order chi connectivity index (χ0) is 20.6. The molecule has 2 aromatic carbocycles. The highest BCUT2D eigenvalue weighted by Gasteiger charge is 2.35. The van der Waals surface area contributed by atoms with Crippen LogP contribution in [0.25, 0.3) is 11.4 Å². The van der Waals surface area contributed by atoms with Crippen LogP contribution in [0, 0.1) is 0 Å². The third-order valence-corrected chi connectivity index (χ3v) is 5.31. The van der Waals surface area contributed by atoms with Crippen molar-refractivity contribution in [2.45, 2.75) is 38.5 Å². The summed E-state index contributed by atoms with van der Waals surface area (Å²) < 4.78 is 10.7. The highest BCUT2D eigenvalue weighted by molar-refractivity contribution is 5.96. The van der Waals surface area contributed by atoms with E-state index in [1.54, 1.807) is 12.0 Å². The van der Waals surface area contributed by atoms with E-state index in [4.69, 9.17) is 9.26 Å². The van der Waals surface area contributed by atoms with Crippen LogP contribution in [-0.2, 0) is 10.2 Å². The highest BCUT2D eigenvalue weighted by Crippen LogP contribution is 2.33. The Bertz CT molecular complexity index is 1000. The number of amides is 1. The molecule has 1 atom stereocenters. The van der Waals surface area contributed by atoms with E-state index >= 15 is 0 Å². The van der Waals surface area contributed by atoms with Crippen molar-refractivity contribution in [1.82, 2.24) is 10.1 Å². The van der Waals surface area contributed by atoms with Gasteiger partial charge in [-0.05, 0) is 35.2 Å². The lowest BCUT2D eigenvalue weighted by Crippen LogP contribution is -2.24. The Morgan fingerprint density at radius 3 is 2.38 bits per heavy atom. The van der Waals surface area contributed by atoms with Gasteiger partial charge in [0.1, 0.15) is 5.75 Å². The van der Waals surface area contributed by atoms with Crippen LogP contribution in [0.15, 0.2) is 53.1 Å². The number of methoxy groups -OCH3 is 1. The Labute approximate surface area is 170 Å². The van der Waals surface area contributed by atoms with Gasteiger partial charge in [0.05, 0.1) is 13.0 Å². The molecule has 3 aromatic rings. The predicted molar refractivity (Wildman–Crippen MR) is 111 cm³/mol. The second-order valence-electron chi connectivity index (χ2n) is 8.39. The van der Waals surface area contributed by atoms with Gasteiger partial charge in [0.15, 0.2) is 0 Å². The molecule has 150 valence electrons. The van der Waals surface area contributed by atoms with Gasteiger partial charge in [-0.25, -0.2) is 0 Å². The molecule has 0 spiro atoms. The van der Waals surface area contributed by atoms with E-state index in [0.717, 1.165) is 17.0 Å². The van der Waals surface area contributed by atoms with Gasteiger partial charge in [0.2, 0.25) is 17.6 Å². The Morgan fingerprint density at radius 2 is 1.76 bits per heavy atom. The van der Waals surface area contributed by atoms with Gasteiger partial charge < -0.3 is 14.2 Å². The molecule has 0 saturated carbocycles. The average molecular weight is 391 g/mol. The van der Waals surface area contributed by atoms with Crippen LogP contribution in [-0.4, -0.2) is 29.7 Å². The summed E-state index contributed by atoms with van der Waals surface area (Å²) in [6, 6.07) is 15.7. The molecule has 1 amide bonds. The van der Waals surface area contributed by atoms with Gasteiger partial charge in [-0.3, -0.25) is 4.79 Å². The number of aromatic nitrogens is 2. The minimum atomic E-state index is -0.111. The normalized spacial score (nSPS) is 17.0. The average Bonchev–Trinajstić information content (AvgIpc) is 3.34. The molecule has 1 fully saturated rings. The highest BCUT2D eigenvalue weighted by atomic mass is 16.5. The molecular formula is C23H25N3O3. The molecule has 1 saturated heterocycles. The summed E-state index contributed by atoms with van der Waals surface area (Å²) in [5, 5.41) is 4.14. The zero-order valence-corrected chi connectivity index (χ0v) is 17.2. The first-order chi connectivity index (χ1) is 13.8. The van der Waals surface area contributed by atoms with Crippen LogP contribution in [0.2, 0.25) is 0 Å². The zero-order valence-electron chi connectivity index (χ0n) is 17.2. The van der Waals surface area contributed by atoms with E-state index in [-0.39, 0.29) is 17.2 Å². The van der Waals surface area contributed by atoms with E-state index in [9.17, 15) is 4.79 Å². The van der Waals surface area contributed by atoms with Gasteiger partial charge in [0.25, 0.3) is 0 Å². The molecule has 1 aliphatic rings. The van der Waals surface area contributed by atoms with Crippen molar-refractivity contribution < 1.29 is 14.1 Å². The topological polar surface area (TPSA) is 68.5 Å². The van der Waals surface area contributed by atoms with E-state index in [1.807, 2.05) is 36.4 Å². The van der Waals surface area contributed by atoms with E-state index in [0.29, 0.717) is 24.7 Å². The van der Waals surface area contributed by atoms with Crippen molar-refractivity contribution >= 4 is 11.6 Å². The first-order valence-corrected chi connectivity index (χ1v) is 9.74. The number of ether oxygens (including phenoxy) is 1. The summed E-state index contributed by atoms with van der Waals surface area (Å²) in [6.45, 7) is 7.07. The Balaban J connectivity index is 1.50. The standard InChI is InChI=1S/C23H25N3O3/c1-23(2,3)17-7-5-15(6-8-17)21-24-22(29-25-21)16-13-20(27)26(14-16)18-9-11-19(28-4)12-10-18/h5-12,16H,13-14H2,1-4H3. The molecule has 29 heavy (non-hydrogen) atoms. The van der Waals surface area contributed by atoms with Crippen LogP contribution in [0.3, 0.4) is 0 Å². The molecule has 1 unspecified atom stereocenters. The van der Waals surface area contributed by atoms with E-state index in [1.165, 1.54) is 5.56 Å². The smallest absolute Gasteiger partial charge is 0.232 e. The summed E-state index contributed by atoms with van der Waals surface area (Å²) in [6.07, 6.45) is 0.358. The number of hydrogen-bond donors (Lipinski definition) is 0. The Hall–Kier alpha value is -3.15. The Kier molecular flexibility index (Phi) is 4.86. The quantitative estimate of drug-likeness (QED) is 0.652. The van der Waals surface area contributed by atoms with Crippen molar-refractivity contribution in [2.24, 2.45) is 0 Å². The predicted octanol–water partition coefficient (Wildman–Crippen LogP) is 4.56. The van der Waals surface area contributed by atoms with Crippen LogP contribution in [0.4, 0.5) is 5.69 Å². The van der Waals surface area contributed by atoms with Crippen molar-refractivity contribution in [3.63, 3.8) is 0 Å². The van der Waals surface area contributed by atoms with Crippen LogP contribution < -0.4 is 9.64 Å². The fourth-order valence-corrected chi connectivity index (χ4v) is 3.52. The number of nitrogens with zero attached hydrogens (tertiary/aromatic N) is 3. The molecule has 4 rings (SSSR count). The van der Waals surface area contributed by atoms with Gasteiger partial charge in [-0.1, -0.05) is 50.2 Å². The third-order valence-electron chi connectivity index (χ3n) is 5.31. The minimum Gasteiger partial charge on any atom is -0.497 e. The molecule has 0 bridgehead atoms. The lowest BCUT2D eigenvalue weighted by Gasteiger charge is -2.18. The maximum atomic E-state index is 12.5. The van der Waals surface area contributed by atoms with Gasteiger partial charge in [-0.15, -0.1) is 0 Å².